The normalized spacial score (nSPS) is 14.7. The number of benzene rings is 1. The molecule has 13 heteroatoms. The zero-order valence-electron chi connectivity index (χ0n) is 28.6. The van der Waals surface area contributed by atoms with Crippen molar-refractivity contribution in [1.82, 2.24) is 8.80 Å². The van der Waals surface area contributed by atoms with Crippen LogP contribution in [-0.2, 0) is 25.2 Å². The van der Waals surface area contributed by atoms with Crippen molar-refractivity contribution < 1.29 is 32.8 Å². The third-order valence-electron chi connectivity index (χ3n) is 8.73. The van der Waals surface area contributed by atoms with E-state index in [-0.39, 0.29) is 35.8 Å². The van der Waals surface area contributed by atoms with E-state index in [9.17, 15) is 23.6 Å². The van der Waals surface area contributed by atoms with Crippen LogP contribution in [0.2, 0.25) is 5.02 Å². The van der Waals surface area contributed by atoms with Crippen molar-refractivity contribution in [3.05, 3.63) is 133 Å². The van der Waals surface area contributed by atoms with E-state index in [0.717, 1.165) is 5.56 Å². The van der Waals surface area contributed by atoms with E-state index in [2.05, 4.69) is 0 Å². The molecular weight excluding hydrogens is 666 g/mol. The molecule has 1 aliphatic heterocycles. The van der Waals surface area contributed by atoms with Crippen LogP contribution in [0.15, 0.2) is 88.7 Å². The molecule has 260 valence electrons. The Bertz CT molecular complexity index is 2200. The van der Waals surface area contributed by atoms with Gasteiger partial charge in [0.2, 0.25) is 0 Å². The fourth-order valence-corrected chi connectivity index (χ4v) is 5.50. The summed E-state index contributed by atoms with van der Waals surface area (Å²) >= 11 is 5.80. The summed E-state index contributed by atoms with van der Waals surface area (Å²) in [5.41, 5.74) is 1.32. The lowest BCUT2D eigenvalue weighted by molar-refractivity contribution is 0.00578. The molecule has 0 bridgehead atoms. The third kappa shape index (κ3) is 7.37. The molecule has 0 amide bonds. The summed E-state index contributed by atoms with van der Waals surface area (Å²) in [5.74, 6) is -1.76. The number of ether oxygens (including phenoxy) is 2. The molecule has 0 unspecified atom stereocenters. The zero-order chi connectivity index (χ0) is 36.4. The summed E-state index contributed by atoms with van der Waals surface area (Å²) in [6, 6.07) is 18.3. The molecule has 0 radical (unpaired) electrons. The minimum Gasteiger partial charge on any atom is -0.462 e. The number of aromatic nitrogens is 2. The van der Waals surface area contributed by atoms with Crippen LogP contribution < -0.4 is 16.6 Å². The van der Waals surface area contributed by atoms with Gasteiger partial charge in [0.1, 0.15) is 16.9 Å². The Balaban J connectivity index is 0.000000194. The van der Waals surface area contributed by atoms with Gasteiger partial charge in [0.25, 0.3) is 11.1 Å². The molecule has 0 spiro atoms. The molecule has 0 atom stereocenters. The molecule has 1 aromatic carbocycles. The van der Waals surface area contributed by atoms with E-state index in [1.54, 1.807) is 68.7 Å². The maximum Gasteiger partial charge on any atom is 0.496 e. The standard InChI is InChI=1S/C19H15ClFNO3.C18H22BNO5/c1-2-25-19(24)15-9-8-14-7-6-12(11-22(14)18(15)23)10-13-4-3-5-16(20)17(13)21;1-6-23-16(22)14-10-9-13-8-7-12(11-20(13)15(14)21)19-24-17(2,3)18(4,5)25-19/h3-9,11H,2,10H2,1H3;7-11H,6H2,1-5H3. The van der Waals surface area contributed by atoms with Crippen LogP contribution in [0.3, 0.4) is 0 Å². The van der Waals surface area contributed by atoms with E-state index >= 15 is 0 Å². The van der Waals surface area contributed by atoms with Gasteiger partial charge >= 0.3 is 19.1 Å². The van der Waals surface area contributed by atoms with Gasteiger partial charge in [-0.2, -0.15) is 0 Å². The second kappa shape index (κ2) is 14.6. The molecule has 1 fully saturated rings. The molecular formula is C37H37BClFN2O8. The van der Waals surface area contributed by atoms with Gasteiger partial charge in [-0.3, -0.25) is 18.4 Å². The van der Waals surface area contributed by atoms with E-state index < -0.39 is 47.2 Å². The number of hydrogen-bond acceptors (Lipinski definition) is 8. The fourth-order valence-electron chi connectivity index (χ4n) is 5.30. The highest BCUT2D eigenvalue weighted by molar-refractivity contribution is 6.62. The van der Waals surface area contributed by atoms with Crippen molar-refractivity contribution >= 4 is 47.2 Å². The summed E-state index contributed by atoms with van der Waals surface area (Å²) in [7, 11) is -0.576. The smallest absolute Gasteiger partial charge is 0.462 e. The second-order valence-electron chi connectivity index (χ2n) is 12.6. The fraction of sp³-hybridized carbons (Fsp3) is 0.297. The second-order valence-corrected chi connectivity index (χ2v) is 13.0. The van der Waals surface area contributed by atoms with Gasteiger partial charge < -0.3 is 18.8 Å². The van der Waals surface area contributed by atoms with Crippen molar-refractivity contribution in [2.45, 2.75) is 59.2 Å². The number of halogens is 2. The largest absolute Gasteiger partial charge is 0.496 e. The average molecular weight is 703 g/mol. The number of nitrogens with zero attached hydrogens (tertiary/aromatic N) is 2. The van der Waals surface area contributed by atoms with Crippen LogP contribution in [0, 0.1) is 5.82 Å². The minimum atomic E-state index is -0.659. The summed E-state index contributed by atoms with van der Waals surface area (Å²) in [6.07, 6.45) is 3.53. The highest BCUT2D eigenvalue weighted by Crippen LogP contribution is 2.36. The first-order valence-electron chi connectivity index (χ1n) is 16.1. The molecule has 10 nitrogen and oxygen atoms in total. The molecule has 50 heavy (non-hydrogen) atoms. The number of carbonyl (C=O) groups excluding carboxylic acids is 2. The number of rotatable bonds is 7. The van der Waals surface area contributed by atoms with Crippen molar-refractivity contribution in [3.8, 4) is 0 Å². The van der Waals surface area contributed by atoms with Gasteiger partial charge in [0.05, 0.1) is 29.4 Å². The van der Waals surface area contributed by atoms with Crippen LogP contribution in [-0.4, -0.2) is 52.3 Å². The molecule has 5 heterocycles. The summed E-state index contributed by atoms with van der Waals surface area (Å²) < 4.78 is 38.8. The molecule has 4 aromatic heterocycles. The quantitative estimate of drug-likeness (QED) is 0.158. The van der Waals surface area contributed by atoms with Crippen molar-refractivity contribution in [2.24, 2.45) is 0 Å². The van der Waals surface area contributed by atoms with Crippen LogP contribution >= 0.6 is 11.6 Å². The van der Waals surface area contributed by atoms with Gasteiger partial charge in [-0.25, -0.2) is 14.0 Å². The first-order chi connectivity index (χ1) is 23.7. The Kier molecular flexibility index (Phi) is 10.7. The van der Waals surface area contributed by atoms with E-state index in [4.69, 9.17) is 30.4 Å². The predicted molar refractivity (Wildman–Crippen MR) is 189 cm³/mol. The Morgan fingerprint density at radius 1 is 0.760 bits per heavy atom. The molecule has 1 aliphatic rings. The van der Waals surface area contributed by atoms with Gasteiger partial charge in [-0.05, 0) is 101 Å². The number of carbonyl (C=O) groups is 2. The Hall–Kier alpha value is -4.78. The SMILES string of the molecule is CCOC(=O)c1ccc2ccc(B3OC(C)(C)C(C)(C)O3)cn2c1=O.CCOC(=O)c1ccc2ccc(Cc3cccc(Cl)c3F)cn2c1=O. The molecule has 1 saturated heterocycles. The van der Waals surface area contributed by atoms with Crippen molar-refractivity contribution in [1.29, 1.82) is 0 Å². The minimum absolute atomic E-state index is 0.00502. The number of fused-ring (bicyclic) bond motifs is 2. The van der Waals surface area contributed by atoms with Crippen molar-refractivity contribution in [2.75, 3.05) is 13.2 Å². The van der Waals surface area contributed by atoms with Gasteiger partial charge in [0, 0.05) is 29.8 Å². The lowest BCUT2D eigenvalue weighted by Gasteiger charge is -2.32. The zero-order valence-corrected chi connectivity index (χ0v) is 29.4. The Labute approximate surface area is 293 Å². The molecule has 5 aromatic rings. The number of hydrogen-bond donors (Lipinski definition) is 0. The lowest BCUT2D eigenvalue weighted by atomic mass is 9.80. The van der Waals surface area contributed by atoms with Crippen LogP contribution in [0.4, 0.5) is 4.39 Å². The first kappa shape index (κ1) is 36.5. The van der Waals surface area contributed by atoms with Gasteiger partial charge in [-0.1, -0.05) is 35.9 Å². The Morgan fingerprint density at radius 2 is 1.26 bits per heavy atom. The predicted octanol–water partition coefficient (Wildman–Crippen LogP) is 5.63. The maximum absolute atomic E-state index is 14.1. The summed E-state index contributed by atoms with van der Waals surface area (Å²) in [6.45, 7) is 11.7. The summed E-state index contributed by atoms with van der Waals surface area (Å²) in [5, 5.41) is 0.0556. The molecule has 0 N–H and O–H groups in total. The first-order valence-corrected chi connectivity index (χ1v) is 16.5. The van der Waals surface area contributed by atoms with E-state index in [1.807, 2.05) is 33.8 Å². The highest BCUT2D eigenvalue weighted by Gasteiger charge is 2.51. The van der Waals surface area contributed by atoms with Crippen LogP contribution in [0.1, 0.15) is 73.4 Å². The molecule has 0 saturated carbocycles. The maximum atomic E-state index is 14.1. The van der Waals surface area contributed by atoms with Gasteiger partial charge in [-0.15, -0.1) is 0 Å². The third-order valence-corrected chi connectivity index (χ3v) is 9.02. The molecule has 0 aliphatic carbocycles. The molecule has 6 rings (SSSR count). The van der Waals surface area contributed by atoms with Crippen LogP contribution in [0.25, 0.3) is 11.0 Å². The highest BCUT2D eigenvalue weighted by atomic mass is 35.5. The topological polar surface area (TPSA) is 114 Å². The van der Waals surface area contributed by atoms with Gasteiger partial charge in [0.15, 0.2) is 0 Å². The number of esters is 2. The van der Waals surface area contributed by atoms with Crippen molar-refractivity contribution in [3.63, 3.8) is 0 Å². The monoisotopic (exact) mass is 702 g/mol. The lowest BCUT2D eigenvalue weighted by Crippen LogP contribution is -2.41. The Morgan fingerprint density at radius 3 is 1.80 bits per heavy atom. The van der Waals surface area contributed by atoms with Crippen LogP contribution in [0.5, 0.6) is 0 Å². The van der Waals surface area contributed by atoms with E-state index in [1.165, 1.54) is 27.0 Å². The average Bonchev–Trinajstić information content (AvgIpc) is 3.30. The summed E-state index contributed by atoms with van der Waals surface area (Å²) in [4.78, 5) is 49.0. The number of pyridine rings is 4. The van der Waals surface area contributed by atoms with E-state index in [0.29, 0.717) is 22.1 Å².